The molecule has 1 N–H and O–H groups in total. The number of hydrogen-bond acceptors (Lipinski definition) is 1. The monoisotopic (exact) mass is 214 g/mol. The van der Waals surface area contributed by atoms with Crippen molar-refractivity contribution in [1.29, 1.82) is 0 Å². The highest BCUT2D eigenvalue weighted by atomic mass is 16.3. The minimum absolute atomic E-state index is 0.0449. The Labute approximate surface area is 96.3 Å². The Kier molecular flexibility index (Phi) is 10.4. The summed E-state index contributed by atoms with van der Waals surface area (Å²) in [6, 6.07) is 0. The second-order valence-corrected chi connectivity index (χ2v) is 4.77. The van der Waals surface area contributed by atoms with Crippen molar-refractivity contribution in [2.75, 3.05) is 0 Å². The maximum Gasteiger partial charge on any atom is 0.0542 e. The molecule has 0 bridgehead atoms. The molecule has 1 heteroatoms. The van der Waals surface area contributed by atoms with E-state index in [9.17, 15) is 5.11 Å². The van der Waals surface area contributed by atoms with Crippen LogP contribution in [0.15, 0.2) is 0 Å². The number of aliphatic hydroxyl groups excluding tert-OH is 1. The van der Waals surface area contributed by atoms with Gasteiger partial charge in [0.2, 0.25) is 0 Å². The van der Waals surface area contributed by atoms with Crippen molar-refractivity contribution in [2.24, 2.45) is 5.92 Å². The molecule has 0 aliphatic rings. The SMILES string of the molecule is CCCCCCCC(O)CC(CC)CC. The average Bonchev–Trinajstić information content (AvgIpc) is 2.25. The van der Waals surface area contributed by atoms with E-state index < -0.39 is 0 Å². The molecule has 0 spiro atoms. The van der Waals surface area contributed by atoms with Gasteiger partial charge in [-0.25, -0.2) is 0 Å². The maximum absolute atomic E-state index is 9.84. The van der Waals surface area contributed by atoms with Gasteiger partial charge in [0, 0.05) is 0 Å². The van der Waals surface area contributed by atoms with Crippen LogP contribution >= 0.6 is 0 Å². The van der Waals surface area contributed by atoms with Gasteiger partial charge in [0.1, 0.15) is 0 Å². The van der Waals surface area contributed by atoms with Crippen LogP contribution in [0.4, 0.5) is 0 Å². The van der Waals surface area contributed by atoms with E-state index in [0.29, 0.717) is 0 Å². The number of aliphatic hydroxyl groups is 1. The van der Waals surface area contributed by atoms with E-state index in [2.05, 4.69) is 20.8 Å². The Balaban J connectivity index is 3.35. The van der Waals surface area contributed by atoms with Crippen LogP contribution < -0.4 is 0 Å². The second-order valence-electron chi connectivity index (χ2n) is 4.77. The summed E-state index contributed by atoms with van der Waals surface area (Å²) in [4.78, 5) is 0. The van der Waals surface area contributed by atoms with Crippen LogP contribution in [0.5, 0.6) is 0 Å². The standard InChI is InChI=1S/C14H30O/c1-4-7-8-9-10-11-14(15)12-13(5-2)6-3/h13-15H,4-12H2,1-3H3. The van der Waals surface area contributed by atoms with Crippen molar-refractivity contribution in [1.82, 2.24) is 0 Å². The first kappa shape index (κ1) is 15.0. The van der Waals surface area contributed by atoms with Crippen LogP contribution in [-0.4, -0.2) is 11.2 Å². The van der Waals surface area contributed by atoms with Gasteiger partial charge in [-0.2, -0.15) is 0 Å². The Bertz CT molecular complexity index is 119. The first-order chi connectivity index (χ1) is 7.24. The van der Waals surface area contributed by atoms with Crippen LogP contribution in [0.2, 0.25) is 0 Å². The van der Waals surface area contributed by atoms with E-state index in [4.69, 9.17) is 0 Å². The smallest absolute Gasteiger partial charge is 0.0542 e. The second kappa shape index (κ2) is 10.5. The Hall–Kier alpha value is -0.0400. The normalized spacial score (nSPS) is 13.4. The van der Waals surface area contributed by atoms with Gasteiger partial charge in [0.25, 0.3) is 0 Å². The molecular formula is C14H30O. The first-order valence-electron chi connectivity index (χ1n) is 6.92. The van der Waals surface area contributed by atoms with E-state index in [1.807, 2.05) is 0 Å². The molecule has 1 nitrogen and oxygen atoms in total. The van der Waals surface area contributed by atoms with Crippen molar-refractivity contribution >= 4 is 0 Å². The Morgan fingerprint density at radius 2 is 1.47 bits per heavy atom. The summed E-state index contributed by atoms with van der Waals surface area (Å²) in [5.41, 5.74) is 0. The maximum atomic E-state index is 9.84. The van der Waals surface area contributed by atoms with Crippen LogP contribution in [-0.2, 0) is 0 Å². The molecule has 0 saturated carbocycles. The van der Waals surface area contributed by atoms with Gasteiger partial charge in [-0.05, 0) is 18.8 Å². The zero-order valence-electron chi connectivity index (χ0n) is 11.0. The fourth-order valence-electron chi connectivity index (χ4n) is 2.11. The third-order valence-electron chi connectivity index (χ3n) is 3.40. The Morgan fingerprint density at radius 3 is 2.00 bits per heavy atom. The largest absolute Gasteiger partial charge is 0.393 e. The quantitative estimate of drug-likeness (QED) is 0.530. The van der Waals surface area contributed by atoms with Crippen LogP contribution in [0.1, 0.15) is 78.6 Å². The molecule has 0 aromatic rings. The minimum atomic E-state index is -0.0449. The van der Waals surface area contributed by atoms with Crippen LogP contribution in [0.3, 0.4) is 0 Å². The summed E-state index contributed by atoms with van der Waals surface area (Å²) >= 11 is 0. The van der Waals surface area contributed by atoms with Crippen molar-refractivity contribution in [3.8, 4) is 0 Å². The molecule has 0 amide bonds. The molecule has 0 radical (unpaired) electrons. The molecule has 92 valence electrons. The predicted octanol–water partition coefficient (Wildman–Crippen LogP) is 4.53. The molecule has 0 fully saturated rings. The van der Waals surface area contributed by atoms with Crippen molar-refractivity contribution in [3.63, 3.8) is 0 Å². The number of hydrogen-bond donors (Lipinski definition) is 1. The van der Waals surface area contributed by atoms with Gasteiger partial charge in [-0.15, -0.1) is 0 Å². The summed E-state index contributed by atoms with van der Waals surface area (Å²) < 4.78 is 0. The number of unbranched alkanes of at least 4 members (excludes halogenated alkanes) is 4. The molecule has 0 heterocycles. The fourth-order valence-corrected chi connectivity index (χ4v) is 2.11. The van der Waals surface area contributed by atoms with Crippen molar-refractivity contribution in [3.05, 3.63) is 0 Å². The summed E-state index contributed by atoms with van der Waals surface area (Å²) in [5, 5.41) is 9.84. The lowest BCUT2D eigenvalue weighted by Crippen LogP contribution is -2.12. The van der Waals surface area contributed by atoms with E-state index in [1.54, 1.807) is 0 Å². The van der Waals surface area contributed by atoms with Crippen molar-refractivity contribution < 1.29 is 5.11 Å². The lowest BCUT2D eigenvalue weighted by Gasteiger charge is -2.17. The van der Waals surface area contributed by atoms with E-state index >= 15 is 0 Å². The lowest BCUT2D eigenvalue weighted by atomic mass is 9.94. The zero-order valence-corrected chi connectivity index (χ0v) is 11.0. The summed E-state index contributed by atoms with van der Waals surface area (Å²) in [6.07, 6.45) is 10.9. The fraction of sp³-hybridized carbons (Fsp3) is 1.00. The summed E-state index contributed by atoms with van der Waals surface area (Å²) in [7, 11) is 0. The van der Waals surface area contributed by atoms with Gasteiger partial charge < -0.3 is 5.11 Å². The number of rotatable bonds is 10. The topological polar surface area (TPSA) is 20.2 Å². The van der Waals surface area contributed by atoms with E-state index in [0.717, 1.165) is 18.8 Å². The molecule has 0 aromatic heterocycles. The van der Waals surface area contributed by atoms with Gasteiger partial charge in [-0.3, -0.25) is 0 Å². The predicted molar refractivity (Wildman–Crippen MR) is 68.1 cm³/mol. The van der Waals surface area contributed by atoms with Gasteiger partial charge in [0.15, 0.2) is 0 Å². The lowest BCUT2D eigenvalue weighted by molar-refractivity contribution is 0.127. The molecule has 15 heavy (non-hydrogen) atoms. The molecule has 0 aliphatic heterocycles. The molecule has 0 aliphatic carbocycles. The molecular weight excluding hydrogens is 184 g/mol. The van der Waals surface area contributed by atoms with Crippen LogP contribution in [0.25, 0.3) is 0 Å². The minimum Gasteiger partial charge on any atom is -0.393 e. The molecule has 1 atom stereocenters. The molecule has 0 rings (SSSR count). The third-order valence-corrected chi connectivity index (χ3v) is 3.40. The highest BCUT2D eigenvalue weighted by Crippen LogP contribution is 2.18. The third kappa shape index (κ3) is 8.92. The van der Waals surface area contributed by atoms with Gasteiger partial charge in [0.05, 0.1) is 6.10 Å². The highest BCUT2D eigenvalue weighted by molar-refractivity contribution is 4.63. The van der Waals surface area contributed by atoms with Gasteiger partial charge >= 0.3 is 0 Å². The molecule has 1 unspecified atom stereocenters. The van der Waals surface area contributed by atoms with Crippen molar-refractivity contribution in [2.45, 2.75) is 84.7 Å². The molecule has 0 aromatic carbocycles. The van der Waals surface area contributed by atoms with E-state index in [1.165, 1.54) is 44.9 Å². The van der Waals surface area contributed by atoms with Gasteiger partial charge in [-0.1, -0.05) is 65.7 Å². The average molecular weight is 214 g/mol. The Morgan fingerprint density at radius 1 is 0.867 bits per heavy atom. The summed E-state index contributed by atoms with van der Waals surface area (Å²) in [6.45, 7) is 6.69. The highest BCUT2D eigenvalue weighted by Gasteiger charge is 2.10. The van der Waals surface area contributed by atoms with Crippen LogP contribution in [0, 0.1) is 5.92 Å². The summed E-state index contributed by atoms with van der Waals surface area (Å²) in [5.74, 6) is 0.732. The molecule has 0 saturated heterocycles. The first-order valence-corrected chi connectivity index (χ1v) is 6.92. The van der Waals surface area contributed by atoms with E-state index in [-0.39, 0.29) is 6.10 Å². The zero-order chi connectivity index (χ0) is 11.5.